The number of nitrogens with two attached hydrogens (primary N) is 1. The van der Waals surface area contributed by atoms with Crippen molar-refractivity contribution in [2.45, 2.75) is 19.5 Å². The molecule has 0 bridgehead atoms. The molecule has 0 spiro atoms. The molecule has 1 unspecified atom stereocenters. The highest BCUT2D eigenvalue weighted by Crippen LogP contribution is 2.21. The van der Waals surface area contributed by atoms with Crippen LogP contribution in [0.25, 0.3) is 0 Å². The third kappa shape index (κ3) is 3.31. The average molecular weight is 311 g/mol. The number of anilines is 2. The molecular formula is C12H17N5O3S. The molecule has 114 valence electrons. The van der Waals surface area contributed by atoms with Crippen LogP contribution in [0.15, 0.2) is 21.2 Å². The highest BCUT2D eigenvalue weighted by Gasteiger charge is 2.16. The normalized spacial score (nSPS) is 12.3. The van der Waals surface area contributed by atoms with Gasteiger partial charge in [0.15, 0.2) is 0 Å². The van der Waals surface area contributed by atoms with Crippen LogP contribution < -0.4 is 22.3 Å². The maximum Gasteiger partial charge on any atom is 0.330 e. The first-order valence-electron chi connectivity index (χ1n) is 6.32. The summed E-state index contributed by atoms with van der Waals surface area (Å²) >= 11 is 1.47. The van der Waals surface area contributed by atoms with Crippen molar-refractivity contribution in [3.05, 3.63) is 37.4 Å². The summed E-state index contributed by atoms with van der Waals surface area (Å²) in [4.78, 5) is 30.1. The van der Waals surface area contributed by atoms with Gasteiger partial charge in [0.1, 0.15) is 16.5 Å². The number of nitrogens with one attached hydrogen (secondary N) is 2. The van der Waals surface area contributed by atoms with Crippen molar-refractivity contribution in [2.75, 3.05) is 24.8 Å². The second kappa shape index (κ2) is 6.55. The Bertz CT molecular complexity index is 707. The van der Waals surface area contributed by atoms with E-state index in [1.807, 2.05) is 12.3 Å². The number of hydrogen-bond donors (Lipinski definition) is 3. The molecule has 21 heavy (non-hydrogen) atoms. The zero-order chi connectivity index (χ0) is 15.4. The van der Waals surface area contributed by atoms with Crippen molar-refractivity contribution in [1.82, 2.24) is 14.5 Å². The van der Waals surface area contributed by atoms with Crippen molar-refractivity contribution < 1.29 is 4.74 Å². The van der Waals surface area contributed by atoms with Crippen LogP contribution in [0, 0.1) is 0 Å². The lowest BCUT2D eigenvalue weighted by atomic mass is 10.3. The fourth-order valence-electron chi connectivity index (χ4n) is 1.86. The lowest BCUT2D eigenvalue weighted by Crippen LogP contribution is -2.35. The van der Waals surface area contributed by atoms with Crippen LogP contribution in [0.3, 0.4) is 0 Å². The molecule has 0 aliphatic carbocycles. The van der Waals surface area contributed by atoms with Crippen molar-refractivity contribution >= 4 is 22.8 Å². The Kier molecular flexibility index (Phi) is 4.76. The van der Waals surface area contributed by atoms with E-state index >= 15 is 0 Å². The standard InChI is InChI=1S/C12H17N5O3S/c1-7(11-14-3-6-21-11)15-8-9(13)17(4-5-20-2)12(19)16-10(8)18/h3,6-7,15H,4-5,13H2,1-2H3,(H,16,18,19). The maximum atomic E-state index is 11.9. The Balaban J connectivity index is 2.34. The third-order valence-electron chi connectivity index (χ3n) is 2.94. The van der Waals surface area contributed by atoms with E-state index in [4.69, 9.17) is 10.5 Å². The predicted molar refractivity (Wildman–Crippen MR) is 81.8 cm³/mol. The Morgan fingerprint density at radius 2 is 2.33 bits per heavy atom. The molecule has 0 radical (unpaired) electrons. The molecule has 0 aliphatic heterocycles. The molecule has 2 aromatic heterocycles. The number of rotatable bonds is 6. The molecule has 0 saturated carbocycles. The molecule has 0 fully saturated rings. The molecule has 9 heteroatoms. The SMILES string of the molecule is COCCn1c(N)c(NC(C)c2nccs2)c(=O)[nH]c1=O. The van der Waals surface area contributed by atoms with Gasteiger partial charge < -0.3 is 15.8 Å². The van der Waals surface area contributed by atoms with Crippen molar-refractivity contribution in [2.24, 2.45) is 0 Å². The summed E-state index contributed by atoms with van der Waals surface area (Å²) in [6, 6.07) is -0.193. The summed E-state index contributed by atoms with van der Waals surface area (Å²) in [5.74, 6) is 0.0872. The first kappa shape index (κ1) is 15.3. The molecule has 0 saturated heterocycles. The first-order valence-corrected chi connectivity index (χ1v) is 7.20. The fourth-order valence-corrected chi connectivity index (χ4v) is 2.50. The van der Waals surface area contributed by atoms with Gasteiger partial charge in [0.05, 0.1) is 19.2 Å². The molecule has 1 atom stereocenters. The van der Waals surface area contributed by atoms with E-state index in [0.717, 1.165) is 5.01 Å². The van der Waals surface area contributed by atoms with E-state index in [9.17, 15) is 9.59 Å². The van der Waals surface area contributed by atoms with E-state index < -0.39 is 11.2 Å². The zero-order valence-corrected chi connectivity index (χ0v) is 12.6. The Hall–Kier alpha value is -2.13. The van der Waals surface area contributed by atoms with Crippen LogP contribution in [0.5, 0.6) is 0 Å². The number of aromatic amines is 1. The van der Waals surface area contributed by atoms with Crippen molar-refractivity contribution in [3.63, 3.8) is 0 Å². The summed E-state index contributed by atoms with van der Waals surface area (Å²) in [5, 5.41) is 5.67. The third-order valence-corrected chi connectivity index (χ3v) is 3.90. The summed E-state index contributed by atoms with van der Waals surface area (Å²) in [6.07, 6.45) is 1.69. The zero-order valence-electron chi connectivity index (χ0n) is 11.8. The van der Waals surface area contributed by atoms with Gasteiger partial charge in [-0.25, -0.2) is 9.78 Å². The number of nitrogens with zero attached hydrogens (tertiary/aromatic N) is 2. The van der Waals surface area contributed by atoms with Crippen LogP contribution in [-0.2, 0) is 11.3 Å². The molecule has 2 heterocycles. The van der Waals surface area contributed by atoms with Crippen LogP contribution >= 0.6 is 11.3 Å². The highest BCUT2D eigenvalue weighted by molar-refractivity contribution is 7.09. The minimum Gasteiger partial charge on any atom is -0.383 e. The topological polar surface area (TPSA) is 115 Å². The number of hydrogen-bond acceptors (Lipinski definition) is 7. The molecule has 0 amide bonds. The summed E-state index contributed by atoms with van der Waals surface area (Å²) in [6.45, 7) is 2.44. The van der Waals surface area contributed by atoms with Crippen LogP contribution in [0.1, 0.15) is 18.0 Å². The van der Waals surface area contributed by atoms with Gasteiger partial charge in [-0.1, -0.05) is 0 Å². The largest absolute Gasteiger partial charge is 0.383 e. The van der Waals surface area contributed by atoms with E-state index in [0.29, 0.717) is 6.61 Å². The Morgan fingerprint density at radius 1 is 1.57 bits per heavy atom. The van der Waals surface area contributed by atoms with Crippen LogP contribution in [0.4, 0.5) is 11.5 Å². The van der Waals surface area contributed by atoms with Gasteiger partial charge in [0.2, 0.25) is 0 Å². The van der Waals surface area contributed by atoms with E-state index in [-0.39, 0.29) is 24.1 Å². The number of aromatic nitrogens is 3. The smallest absolute Gasteiger partial charge is 0.330 e. The van der Waals surface area contributed by atoms with Gasteiger partial charge in [0, 0.05) is 18.7 Å². The van der Waals surface area contributed by atoms with Crippen LogP contribution in [0.2, 0.25) is 0 Å². The lowest BCUT2D eigenvalue weighted by Gasteiger charge is -2.16. The van der Waals surface area contributed by atoms with Gasteiger partial charge in [-0.15, -0.1) is 11.3 Å². The predicted octanol–water partition coefficient (Wildman–Crippen LogP) is 0.395. The number of nitrogen functional groups attached to an aromatic ring is 1. The Labute approximate surface area is 124 Å². The van der Waals surface area contributed by atoms with Crippen molar-refractivity contribution in [3.8, 4) is 0 Å². The van der Waals surface area contributed by atoms with Crippen molar-refractivity contribution in [1.29, 1.82) is 0 Å². The monoisotopic (exact) mass is 311 g/mol. The lowest BCUT2D eigenvalue weighted by molar-refractivity contribution is 0.186. The molecule has 2 aromatic rings. The first-order chi connectivity index (χ1) is 10.0. The van der Waals surface area contributed by atoms with Gasteiger partial charge >= 0.3 is 5.69 Å². The number of ether oxygens (including phenoxy) is 1. The molecular weight excluding hydrogens is 294 g/mol. The van der Waals surface area contributed by atoms with E-state index in [1.54, 1.807) is 6.20 Å². The van der Waals surface area contributed by atoms with E-state index in [1.165, 1.54) is 23.0 Å². The number of thiazole rings is 1. The van der Waals surface area contributed by atoms with Gasteiger partial charge in [0.25, 0.3) is 5.56 Å². The van der Waals surface area contributed by atoms with E-state index in [2.05, 4.69) is 15.3 Å². The highest BCUT2D eigenvalue weighted by atomic mass is 32.1. The number of H-pyrrole nitrogens is 1. The fraction of sp³-hybridized carbons (Fsp3) is 0.417. The second-order valence-electron chi connectivity index (χ2n) is 4.40. The average Bonchev–Trinajstić information content (AvgIpc) is 2.97. The Morgan fingerprint density at radius 3 is 2.95 bits per heavy atom. The maximum absolute atomic E-state index is 11.9. The summed E-state index contributed by atoms with van der Waals surface area (Å²) in [5.41, 5.74) is 5.00. The summed E-state index contributed by atoms with van der Waals surface area (Å²) in [7, 11) is 1.52. The molecule has 0 aliphatic rings. The van der Waals surface area contributed by atoms with Crippen LogP contribution in [-0.4, -0.2) is 28.3 Å². The quantitative estimate of drug-likeness (QED) is 0.711. The second-order valence-corrected chi connectivity index (χ2v) is 5.33. The van der Waals surface area contributed by atoms with Gasteiger partial charge in [-0.3, -0.25) is 14.3 Å². The summed E-state index contributed by atoms with van der Waals surface area (Å²) < 4.78 is 6.20. The van der Waals surface area contributed by atoms with Gasteiger partial charge in [-0.05, 0) is 6.92 Å². The molecule has 8 nitrogen and oxygen atoms in total. The molecule has 2 rings (SSSR count). The minimum atomic E-state index is -0.554. The molecule has 4 N–H and O–H groups in total. The molecule has 0 aromatic carbocycles. The minimum absolute atomic E-state index is 0.0872. The number of methoxy groups -OCH3 is 1. The van der Waals surface area contributed by atoms with Gasteiger partial charge in [-0.2, -0.15) is 0 Å².